The standard InChI is InChI=1S/C16H16ClNO6/c1-4-22-14(19)9-7-11(17)10(8-18)13(16(21)24-6-3)12(9)15(20)23-5-2/h7H,4-6H2,1-3H3. The zero-order valence-electron chi connectivity index (χ0n) is 13.5. The molecule has 0 aliphatic heterocycles. The second-order valence-corrected chi connectivity index (χ2v) is 4.71. The summed E-state index contributed by atoms with van der Waals surface area (Å²) < 4.78 is 14.7. The summed E-state index contributed by atoms with van der Waals surface area (Å²) in [6, 6.07) is 2.85. The van der Waals surface area contributed by atoms with Gasteiger partial charge < -0.3 is 14.2 Å². The van der Waals surface area contributed by atoms with E-state index < -0.39 is 29.0 Å². The van der Waals surface area contributed by atoms with E-state index in [0.717, 1.165) is 6.07 Å². The Bertz CT molecular complexity index is 707. The average molecular weight is 354 g/mol. The zero-order valence-corrected chi connectivity index (χ0v) is 14.2. The Hall–Kier alpha value is -2.59. The fourth-order valence-electron chi connectivity index (χ4n) is 1.95. The summed E-state index contributed by atoms with van der Waals surface area (Å²) in [5.74, 6) is -2.76. The molecule has 1 rings (SSSR count). The molecule has 1 aromatic rings. The van der Waals surface area contributed by atoms with Gasteiger partial charge in [-0.25, -0.2) is 14.4 Å². The maximum atomic E-state index is 12.3. The molecule has 128 valence electrons. The number of hydrogen-bond acceptors (Lipinski definition) is 7. The summed E-state index contributed by atoms with van der Waals surface area (Å²) in [4.78, 5) is 36.7. The van der Waals surface area contributed by atoms with Gasteiger partial charge in [-0.1, -0.05) is 11.6 Å². The van der Waals surface area contributed by atoms with Gasteiger partial charge in [0.15, 0.2) is 0 Å². The van der Waals surface area contributed by atoms with E-state index in [1.54, 1.807) is 26.8 Å². The van der Waals surface area contributed by atoms with Crippen molar-refractivity contribution >= 4 is 29.5 Å². The van der Waals surface area contributed by atoms with E-state index in [9.17, 15) is 19.6 Å². The number of carbonyl (C=O) groups is 3. The van der Waals surface area contributed by atoms with Crippen molar-refractivity contribution in [2.75, 3.05) is 19.8 Å². The summed E-state index contributed by atoms with van der Waals surface area (Å²) in [6.07, 6.45) is 0. The molecule has 0 amide bonds. The Balaban J connectivity index is 3.78. The van der Waals surface area contributed by atoms with Gasteiger partial charge in [0.25, 0.3) is 0 Å². The topological polar surface area (TPSA) is 103 Å². The number of nitrogens with zero attached hydrogens (tertiary/aromatic N) is 1. The summed E-state index contributed by atoms with van der Waals surface area (Å²) >= 11 is 5.99. The first-order valence-electron chi connectivity index (χ1n) is 7.20. The normalized spacial score (nSPS) is 9.79. The molecule has 0 unspecified atom stereocenters. The number of benzene rings is 1. The first-order chi connectivity index (χ1) is 11.4. The largest absolute Gasteiger partial charge is 0.462 e. The molecule has 8 heteroatoms. The van der Waals surface area contributed by atoms with Crippen LogP contribution >= 0.6 is 11.6 Å². The summed E-state index contributed by atoms with van der Waals surface area (Å²) in [5.41, 5.74) is -1.34. The van der Waals surface area contributed by atoms with Crippen molar-refractivity contribution in [1.29, 1.82) is 5.26 Å². The fourth-order valence-corrected chi connectivity index (χ4v) is 2.20. The van der Waals surface area contributed by atoms with Crippen LogP contribution in [0.25, 0.3) is 0 Å². The lowest BCUT2D eigenvalue weighted by Crippen LogP contribution is -2.21. The molecular formula is C16H16ClNO6. The number of ether oxygens (including phenoxy) is 3. The third-order valence-corrected chi connectivity index (χ3v) is 3.14. The van der Waals surface area contributed by atoms with Gasteiger partial charge in [-0.3, -0.25) is 0 Å². The van der Waals surface area contributed by atoms with Crippen LogP contribution in [0.4, 0.5) is 0 Å². The lowest BCUT2D eigenvalue weighted by atomic mass is 9.96. The van der Waals surface area contributed by atoms with E-state index in [-0.39, 0.29) is 36.0 Å². The SMILES string of the molecule is CCOC(=O)c1cc(Cl)c(C#N)c(C(=O)OCC)c1C(=O)OCC. The van der Waals surface area contributed by atoms with Crippen molar-refractivity contribution in [1.82, 2.24) is 0 Å². The number of carbonyl (C=O) groups excluding carboxylic acids is 3. The van der Waals surface area contributed by atoms with Crippen molar-refractivity contribution in [3.8, 4) is 6.07 Å². The summed E-state index contributed by atoms with van der Waals surface area (Å²) in [5, 5.41) is 9.11. The highest BCUT2D eigenvalue weighted by atomic mass is 35.5. The van der Waals surface area contributed by atoms with Gasteiger partial charge in [0.2, 0.25) is 0 Å². The molecule has 0 heterocycles. The van der Waals surface area contributed by atoms with Gasteiger partial charge in [0.1, 0.15) is 6.07 Å². The predicted octanol–water partition coefficient (Wildman–Crippen LogP) is 2.74. The lowest BCUT2D eigenvalue weighted by molar-refractivity contribution is 0.0458. The second-order valence-electron chi connectivity index (χ2n) is 4.30. The molecule has 0 aromatic heterocycles. The Morgan fingerprint density at radius 3 is 1.88 bits per heavy atom. The third-order valence-electron chi connectivity index (χ3n) is 2.85. The first-order valence-corrected chi connectivity index (χ1v) is 7.58. The van der Waals surface area contributed by atoms with Crippen molar-refractivity contribution < 1.29 is 28.6 Å². The average Bonchev–Trinajstić information content (AvgIpc) is 2.54. The third kappa shape index (κ3) is 4.03. The second kappa shape index (κ2) is 8.89. The molecular weight excluding hydrogens is 338 g/mol. The van der Waals surface area contributed by atoms with Crippen LogP contribution in [-0.4, -0.2) is 37.7 Å². The minimum atomic E-state index is -0.954. The number of hydrogen-bond donors (Lipinski definition) is 0. The molecule has 24 heavy (non-hydrogen) atoms. The van der Waals surface area contributed by atoms with E-state index in [4.69, 9.17) is 25.8 Å². The molecule has 0 aliphatic carbocycles. The molecule has 1 aromatic carbocycles. The highest BCUT2D eigenvalue weighted by Gasteiger charge is 2.32. The van der Waals surface area contributed by atoms with E-state index in [1.807, 2.05) is 0 Å². The van der Waals surface area contributed by atoms with E-state index in [1.165, 1.54) is 0 Å². The Kier molecular flexibility index (Phi) is 7.21. The van der Waals surface area contributed by atoms with Crippen LogP contribution in [0.2, 0.25) is 5.02 Å². The highest BCUT2D eigenvalue weighted by molar-refractivity contribution is 6.33. The molecule has 0 N–H and O–H groups in total. The van der Waals surface area contributed by atoms with E-state index in [0.29, 0.717) is 0 Å². The summed E-state index contributed by atoms with van der Waals surface area (Å²) in [7, 11) is 0. The zero-order chi connectivity index (χ0) is 18.3. The maximum Gasteiger partial charge on any atom is 0.340 e. The van der Waals surface area contributed by atoms with Crippen LogP contribution in [0.3, 0.4) is 0 Å². The first kappa shape index (κ1) is 19.5. The van der Waals surface area contributed by atoms with Gasteiger partial charge in [-0.2, -0.15) is 5.26 Å². The number of halogens is 1. The lowest BCUT2D eigenvalue weighted by Gasteiger charge is -2.15. The molecule has 0 atom stereocenters. The van der Waals surface area contributed by atoms with Gasteiger partial charge in [0.05, 0.1) is 47.1 Å². The van der Waals surface area contributed by atoms with Crippen LogP contribution in [-0.2, 0) is 14.2 Å². The monoisotopic (exact) mass is 353 g/mol. The van der Waals surface area contributed by atoms with Crippen LogP contribution < -0.4 is 0 Å². The minimum Gasteiger partial charge on any atom is -0.462 e. The van der Waals surface area contributed by atoms with Gasteiger partial charge in [-0.05, 0) is 26.8 Å². The molecule has 0 saturated carbocycles. The smallest absolute Gasteiger partial charge is 0.340 e. The van der Waals surface area contributed by atoms with Crippen molar-refractivity contribution in [3.05, 3.63) is 33.3 Å². The summed E-state index contributed by atoms with van der Waals surface area (Å²) in [6.45, 7) is 4.77. The minimum absolute atomic E-state index is 0.00716. The molecule has 0 bridgehead atoms. The van der Waals surface area contributed by atoms with Crippen molar-refractivity contribution in [3.63, 3.8) is 0 Å². The van der Waals surface area contributed by atoms with Gasteiger partial charge in [-0.15, -0.1) is 0 Å². The highest BCUT2D eigenvalue weighted by Crippen LogP contribution is 2.29. The number of rotatable bonds is 6. The molecule has 0 saturated heterocycles. The molecule has 0 fully saturated rings. The van der Waals surface area contributed by atoms with Gasteiger partial charge in [0, 0.05) is 0 Å². The maximum absolute atomic E-state index is 12.3. The Morgan fingerprint density at radius 2 is 1.42 bits per heavy atom. The van der Waals surface area contributed by atoms with Crippen molar-refractivity contribution in [2.24, 2.45) is 0 Å². The number of esters is 3. The van der Waals surface area contributed by atoms with Crippen LogP contribution in [0.5, 0.6) is 0 Å². The predicted molar refractivity (Wildman–Crippen MR) is 84.0 cm³/mol. The van der Waals surface area contributed by atoms with E-state index in [2.05, 4.69) is 0 Å². The van der Waals surface area contributed by atoms with Crippen LogP contribution in [0.15, 0.2) is 6.07 Å². The fraction of sp³-hybridized carbons (Fsp3) is 0.375. The van der Waals surface area contributed by atoms with Crippen molar-refractivity contribution in [2.45, 2.75) is 20.8 Å². The molecule has 7 nitrogen and oxygen atoms in total. The quantitative estimate of drug-likeness (QED) is 0.572. The molecule has 0 radical (unpaired) electrons. The molecule has 0 aliphatic rings. The Labute approximate surface area is 144 Å². The Morgan fingerprint density at radius 1 is 0.958 bits per heavy atom. The molecule has 0 spiro atoms. The van der Waals surface area contributed by atoms with Crippen LogP contribution in [0, 0.1) is 11.3 Å². The number of nitriles is 1. The van der Waals surface area contributed by atoms with Crippen LogP contribution in [0.1, 0.15) is 57.4 Å². The van der Waals surface area contributed by atoms with Gasteiger partial charge >= 0.3 is 17.9 Å². The van der Waals surface area contributed by atoms with E-state index >= 15 is 0 Å².